The lowest BCUT2D eigenvalue weighted by atomic mass is 10.3. The van der Waals surface area contributed by atoms with E-state index in [1.807, 2.05) is 0 Å². The van der Waals surface area contributed by atoms with E-state index in [0.717, 1.165) is 19.3 Å². The molecule has 0 fully saturated rings. The van der Waals surface area contributed by atoms with Gasteiger partial charge in [-0.25, -0.2) is 18.1 Å². The molecule has 0 spiro atoms. The molecule has 1 aromatic heterocycles. The van der Waals surface area contributed by atoms with Gasteiger partial charge in [-0.3, -0.25) is 0 Å². The molecule has 19 heavy (non-hydrogen) atoms. The maximum Gasteiger partial charge on any atom is 0.240 e. The lowest BCUT2D eigenvalue weighted by molar-refractivity contribution is 0.558. The largest absolute Gasteiger partial charge is 0.441 e. The number of rotatable bonds is 6. The first kappa shape index (κ1) is 14.0. The number of oxazole rings is 1. The SMILES string of the molecule is CCCCCNS(=O)(=O)c1ccc2nc(C)oc2c1. The van der Waals surface area contributed by atoms with E-state index in [-0.39, 0.29) is 4.90 Å². The highest BCUT2D eigenvalue weighted by Crippen LogP contribution is 2.19. The topological polar surface area (TPSA) is 72.2 Å². The summed E-state index contributed by atoms with van der Waals surface area (Å²) in [7, 11) is -3.46. The van der Waals surface area contributed by atoms with Crippen LogP contribution in [0.5, 0.6) is 0 Å². The van der Waals surface area contributed by atoms with Crippen LogP contribution < -0.4 is 4.72 Å². The third kappa shape index (κ3) is 3.33. The quantitative estimate of drug-likeness (QED) is 0.827. The second-order valence-corrected chi connectivity index (χ2v) is 6.23. The van der Waals surface area contributed by atoms with Gasteiger partial charge < -0.3 is 4.42 Å². The molecule has 6 heteroatoms. The van der Waals surface area contributed by atoms with Crippen molar-refractivity contribution < 1.29 is 12.8 Å². The lowest BCUT2D eigenvalue weighted by Crippen LogP contribution is -2.24. The number of nitrogens with zero attached hydrogens (tertiary/aromatic N) is 1. The minimum atomic E-state index is -3.46. The van der Waals surface area contributed by atoms with Crippen molar-refractivity contribution in [2.45, 2.75) is 38.0 Å². The van der Waals surface area contributed by atoms with Gasteiger partial charge in [-0.05, 0) is 18.6 Å². The summed E-state index contributed by atoms with van der Waals surface area (Å²) in [6.07, 6.45) is 2.92. The van der Waals surface area contributed by atoms with Crippen molar-refractivity contribution in [2.75, 3.05) is 6.54 Å². The molecule has 2 aromatic rings. The summed E-state index contributed by atoms with van der Waals surface area (Å²) in [5.74, 6) is 0.528. The Morgan fingerprint density at radius 1 is 1.32 bits per heavy atom. The zero-order valence-corrected chi connectivity index (χ0v) is 12.0. The zero-order chi connectivity index (χ0) is 13.9. The number of aromatic nitrogens is 1. The van der Waals surface area contributed by atoms with E-state index in [0.29, 0.717) is 23.5 Å². The molecule has 0 atom stereocenters. The molecule has 0 amide bonds. The Hall–Kier alpha value is -1.40. The molecule has 0 saturated carbocycles. The smallest absolute Gasteiger partial charge is 0.240 e. The minimum absolute atomic E-state index is 0.215. The summed E-state index contributed by atoms with van der Waals surface area (Å²) in [6.45, 7) is 4.27. The molecule has 0 bridgehead atoms. The average Bonchev–Trinajstić information content (AvgIpc) is 2.73. The van der Waals surface area contributed by atoms with Gasteiger partial charge in [-0.1, -0.05) is 19.8 Å². The van der Waals surface area contributed by atoms with Crippen LogP contribution in [0.4, 0.5) is 0 Å². The first-order chi connectivity index (χ1) is 9.03. The predicted octanol–water partition coefficient (Wildman–Crippen LogP) is 2.60. The van der Waals surface area contributed by atoms with Crippen LogP contribution in [-0.2, 0) is 10.0 Å². The first-order valence-electron chi connectivity index (χ1n) is 6.40. The molecule has 0 aliphatic heterocycles. The minimum Gasteiger partial charge on any atom is -0.441 e. The maximum absolute atomic E-state index is 12.1. The van der Waals surface area contributed by atoms with E-state index in [2.05, 4.69) is 16.6 Å². The van der Waals surface area contributed by atoms with Crippen LogP contribution in [0.15, 0.2) is 27.5 Å². The number of sulfonamides is 1. The monoisotopic (exact) mass is 282 g/mol. The van der Waals surface area contributed by atoms with E-state index in [4.69, 9.17) is 4.42 Å². The Balaban J connectivity index is 2.17. The zero-order valence-electron chi connectivity index (χ0n) is 11.1. The number of hydrogen-bond acceptors (Lipinski definition) is 4. The average molecular weight is 282 g/mol. The summed E-state index contributed by atoms with van der Waals surface area (Å²) in [5, 5.41) is 0. The molecule has 0 aliphatic rings. The summed E-state index contributed by atoms with van der Waals surface area (Å²) >= 11 is 0. The molecule has 5 nitrogen and oxygen atoms in total. The summed E-state index contributed by atoms with van der Waals surface area (Å²) in [4.78, 5) is 4.36. The second-order valence-electron chi connectivity index (χ2n) is 4.47. The standard InChI is InChI=1S/C13H18N2O3S/c1-3-4-5-8-14-19(16,17)11-6-7-12-13(9-11)18-10(2)15-12/h6-7,9,14H,3-5,8H2,1-2H3. The Labute approximate surface area is 113 Å². The molecule has 2 rings (SSSR count). The van der Waals surface area contributed by atoms with Crippen LogP contribution >= 0.6 is 0 Å². The molecule has 1 aromatic carbocycles. The summed E-state index contributed by atoms with van der Waals surface area (Å²) in [6, 6.07) is 4.72. The number of aryl methyl sites for hydroxylation is 1. The van der Waals surface area contributed by atoms with Crippen molar-refractivity contribution in [3.05, 3.63) is 24.1 Å². The molecule has 0 saturated heterocycles. The van der Waals surface area contributed by atoms with Gasteiger partial charge in [-0.15, -0.1) is 0 Å². The lowest BCUT2D eigenvalue weighted by Gasteiger charge is -2.05. The highest BCUT2D eigenvalue weighted by Gasteiger charge is 2.15. The molecular weight excluding hydrogens is 264 g/mol. The van der Waals surface area contributed by atoms with Gasteiger partial charge in [-0.2, -0.15) is 0 Å². The van der Waals surface area contributed by atoms with Gasteiger partial charge in [0.15, 0.2) is 11.5 Å². The van der Waals surface area contributed by atoms with Crippen LogP contribution in [-0.4, -0.2) is 19.9 Å². The number of nitrogens with one attached hydrogen (secondary N) is 1. The third-order valence-electron chi connectivity index (χ3n) is 2.85. The van der Waals surface area contributed by atoms with E-state index in [9.17, 15) is 8.42 Å². The number of unbranched alkanes of at least 4 members (excludes halogenated alkanes) is 2. The molecule has 0 unspecified atom stereocenters. The summed E-state index contributed by atoms with van der Waals surface area (Å²) < 4.78 is 32.1. The van der Waals surface area contributed by atoms with Gasteiger partial charge >= 0.3 is 0 Å². The van der Waals surface area contributed by atoms with Crippen molar-refractivity contribution in [3.8, 4) is 0 Å². The van der Waals surface area contributed by atoms with E-state index in [1.54, 1.807) is 19.1 Å². The highest BCUT2D eigenvalue weighted by molar-refractivity contribution is 7.89. The van der Waals surface area contributed by atoms with E-state index in [1.165, 1.54) is 6.07 Å². The van der Waals surface area contributed by atoms with Gasteiger partial charge in [0.05, 0.1) is 4.90 Å². The molecular formula is C13H18N2O3S. The van der Waals surface area contributed by atoms with Crippen molar-refractivity contribution in [1.29, 1.82) is 0 Å². The summed E-state index contributed by atoms with van der Waals surface area (Å²) in [5.41, 5.74) is 1.16. The van der Waals surface area contributed by atoms with Crippen LogP contribution in [0.1, 0.15) is 32.1 Å². The first-order valence-corrected chi connectivity index (χ1v) is 7.88. The Bertz CT molecular complexity index is 662. The van der Waals surface area contributed by atoms with Gasteiger partial charge in [0.2, 0.25) is 10.0 Å². The van der Waals surface area contributed by atoms with Crippen LogP contribution in [0.3, 0.4) is 0 Å². The van der Waals surface area contributed by atoms with Gasteiger partial charge in [0.1, 0.15) is 5.52 Å². The Kier molecular flexibility index (Phi) is 4.21. The van der Waals surface area contributed by atoms with Gasteiger partial charge in [0.25, 0.3) is 0 Å². The fourth-order valence-corrected chi connectivity index (χ4v) is 2.94. The highest BCUT2D eigenvalue weighted by atomic mass is 32.2. The Morgan fingerprint density at radius 3 is 2.84 bits per heavy atom. The Morgan fingerprint density at radius 2 is 2.11 bits per heavy atom. The van der Waals surface area contributed by atoms with Crippen molar-refractivity contribution >= 4 is 21.1 Å². The van der Waals surface area contributed by atoms with Gasteiger partial charge in [0, 0.05) is 19.5 Å². The fourth-order valence-electron chi connectivity index (χ4n) is 1.85. The van der Waals surface area contributed by atoms with Crippen molar-refractivity contribution in [2.24, 2.45) is 0 Å². The maximum atomic E-state index is 12.1. The van der Waals surface area contributed by atoms with Crippen molar-refractivity contribution in [1.82, 2.24) is 9.71 Å². The molecule has 1 N–H and O–H groups in total. The molecule has 0 aliphatic carbocycles. The predicted molar refractivity (Wildman–Crippen MR) is 73.5 cm³/mol. The fraction of sp³-hybridized carbons (Fsp3) is 0.462. The van der Waals surface area contributed by atoms with Crippen LogP contribution in [0.2, 0.25) is 0 Å². The normalized spacial score (nSPS) is 12.1. The third-order valence-corrected chi connectivity index (χ3v) is 4.31. The van der Waals surface area contributed by atoms with E-state index >= 15 is 0 Å². The number of benzene rings is 1. The van der Waals surface area contributed by atoms with E-state index < -0.39 is 10.0 Å². The molecule has 0 radical (unpaired) electrons. The number of hydrogen-bond donors (Lipinski definition) is 1. The second kappa shape index (κ2) is 5.71. The van der Waals surface area contributed by atoms with Crippen LogP contribution in [0, 0.1) is 6.92 Å². The van der Waals surface area contributed by atoms with Crippen molar-refractivity contribution in [3.63, 3.8) is 0 Å². The molecule has 1 heterocycles. The van der Waals surface area contributed by atoms with Crippen LogP contribution in [0.25, 0.3) is 11.1 Å². The molecule has 104 valence electrons. The number of fused-ring (bicyclic) bond motifs is 1.